The predicted molar refractivity (Wildman–Crippen MR) is 88.1 cm³/mol. The zero-order valence-corrected chi connectivity index (χ0v) is 14.3. The average molecular weight is 281 g/mol. The second-order valence-corrected chi connectivity index (χ2v) is 7.60. The van der Waals surface area contributed by atoms with E-state index < -0.39 is 0 Å². The molecule has 2 heterocycles. The topological polar surface area (TPSA) is 6.48 Å². The minimum Gasteiger partial charge on any atom is -0.303 e. The standard InChI is InChI=1S/C18H36N2/c1-5-17-6-10-19(11-7-17)12-8-18-9-13-20(15(2)3)14-16(18)4/h15-18H,5-14H2,1-4H3/t16-,18-/m1/s1. The summed E-state index contributed by atoms with van der Waals surface area (Å²) in [5.41, 5.74) is 0. The van der Waals surface area contributed by atoms with E-state index in [0.29, 0.717) is 0 Å². The zero-order chi connectivity index (χ0) is 14.5. The molecule has 2 fully saturated rings. The predicted octanol–water partition coefficient (Wildman–Crippen LogP) is 3.86. The number of rotatable bonds is 5. The van der Waals surface area contributed by atoms with Crippen LogP contribution >= 0.6 is 0 Å². The van der Waals surface area contributed by atoms with E-state index in [1.54, 1.807) is 0 Å². The Hall–Kier alpha value is -0.0800. The van der Waals surface area contributed by atoms with Crippen LogP contribution in [0.4, 0.5) is 0 Å². The molecule has 20 heavy (non-hydrogen) atoms. The summed E-state index contributed by atoms with van der Waals surface area (Å²) < 4.78 is 0. The minimum absolute atomic E-state index is 0.728. The molecule has 0 aromatic rings. The van der Waals surface area contributed by atoms with E-state index in [1.165, 1.54) is 64.8 Å². The molecule has 2 aliphatic heterocycles. The molecule has 2 aliphatic rings. The van der Waals surface area contributed by atoms with Crippen molar-refractivity contribution in [2.75, 3.05) is 32.7 Å². The summed E-state index contributed by atoms with van der Waals surface area (Å²) in [5, 5.41) is 0. The summed E-state index contributed by atoms with van der Waals surface area (Å²) in [6.45, 7) is 16.2. The van der Waals surface area contributed by atoms with Crippen molar-refractivity contribution in [1.82, 2.24) is 9.80 Å². The van der Waals surface area contributed by atoms with Gasteiger partial charge >= 0.3 is 0 Å². The lowest BCUT2D eigenvalue weighted by Gasteiger charge is -2.40. The third kappa shape index (κ3) is 4.46. The van der Waals surface area contributed by atoms with Crippen LogP contribution < -0.4 is 0 Å². The Morgan fingerprint density at radius 2 is 1.75 bits per heavy atom. The van der Waals surface area contributed by atoms with Gasteiger partial charge < -0.3 is 9.80 Å². The van der Waals surface area contributed by atoms with Crippen molar-refractivity contribution in [2.24, 2.45) is 17.8 Å². The Bertz CT molecular complexity index is 269. The summed E-state index contributed by atoms with van der Waals surface area (Å²) in [6, 6.07) is 0.728. The van der Waals surface area contributed by atoms with Crippen LogP contribution in [0.5, 0.6) is 0 Å². The zero-order valence-electron chi connectivity index (χ0n) is 14.3. The second kappa shape index (κ2) is 7.79. The molecular weight excluding hydrogens is 244 g/mol. The van der Waals surface area contributed by atoms with Crippen LogP contribution in [0.1, 0.15) is 59.8 Å². The maximum Gasteiger partial charge on any atom is 0.00387 e. The van der Waals surface area contributed by atoms with Crippen LogP contribution in [-0.4, -0.2) is 48.6 Å². The number of nitrogens with zero attached hydrogens (tertiary/aromatic N) is 2. The fourth-order valence-electron chi connectivity index (χ4n) is 4.09. The van der Waals surface area contributed by atoms with Gasteiger partial charge in [0.2, 0.25) is 0 Å². The maximum absolute atomic E-state index is 2.73. The highest BCUT2D eigenvalue weighted by molar-refractivity contribution is 4.81. The molecule has 0 aliphatic carbocycles. The van der Waals surface area contributed by atoms with Crippen LogP contribution in [0.2, 0.25) is 0 Å². The first-order chi connectivity index (χ1) is 9.60. The molecule has 0 radical (unpaired) electrons. The molecule has 0 N–H and O–H groups in total. The molecule has 0 unspecified atom stereocenters. The van der Waals surface area contributed by atoms with Crippen molar-refractivity contribution in [3.05, 3.63) is 0 Å². The maximum atomic E-state index is 2.73. The van der Waals surface area contributed by atoms with E-state index in [1.807, 2.05) is 0 Å². The van der Waals surface area contributed by atoms with Gasteiger partial charge in [0.1, 0.15) is 0 Å². The molecule has 2 atom stereocenters. The fourth-order valence-corrected chi connectivity index (χ4v) is 4.09. The van der Waals surface area contributed by atoms with E-state index in [-0.39, 0.29) is 0 Å². The van der Waals surface area contributed by atoms with Gasteiger partial charge in [-0.2, -0.15) is 0 Å². The lowest BCUT2D eigenvalue weighted by molar-refractivity contribution is 0.0858. The summed E-state index contributed by atoms with van der Waals surface area (Å²) >= 11 is 0. The van der Waals surface area contributed by atoms with Crippen molar-refractivity contribution >= 4 is 0 Å². The largest absolute Gasteiger partial charge is 0.303 e. The summed E-state index contributed by atoms with van der Waals surface area (Å²) in [5.74, 6) is 2.87. The number of piperidine rings is 2. The Morgan fingerprint density at radius 1 is 1.05 bits per heavy atom. The minimum atomic E-state index is 0.728. The van der Waals surface area contributed by atoms with Crippen molar-refractivity contribution in [2.45, 2.75) is 65.8 Å². The van der Waals surface area contributed by atoms with Gasteiger partial charge in [-0.15, -0.1) is 0 Å². The first-order valence-electron chi connectivity index (χ1n) is 9.06. The van der Waals surface area contributed by atoms with Gasteiger partial charge in [-0.05, 0) is 83.5 Å². The lowest BCUT2D eigenvalue weighted by atomic mass is 9.83. The average Bonchev–Trinajstić information content (AvgIpc) is 2.46. The third-order valence-electron chi connectivity index (χ3n) is 5.95. The number of likely N-dealkylation sites (tertiary alicyclic amines) is 2. The quantitative estimate of drug-likeness (QED) is 0.754. The number of hydrogen-bond acceptors (Lipinski definition) is 2. The van der Waals surface area contributed by atoms with Crippen LogP contribution in [0, 0.1) is 17.8 Å². The molecule has 2 rings (SSSR count). The molecular formula is C18H36N2. The Kier molecular flexibility index (Phi) is 6.35. The molecule has 0 saturated carbocycles. The van der Waals surface area contributed by atoms with Crippen molar-refractivity contribution < 1.29 is 0 Å². The van der Waals surface area contributed by atoms with E-state index in [9.17, 15) is 0 Å². The molecule has 0 aromatic heterocycles. The highest BCUT2D eigenvalue weighted by atomic mass is 15.2. The molecule has 2 nitrogen and oxygen atoms in total. The van der Waals surface area contributed by atoms with Gasteiger partial charge in [0, 0.05) is 12.6 Å². The van der Waals surface area contributed by atoms with Crippen LogP contribution in [0.25, 0.3) is 0 Å². The first-order valence-corrected chi connectivity index (χ1v) is 9.06. The highest BCUT2D eigenvalue weighted by Gasteiger charge is 2.27. The fraction of sp³-hybridized carbons (Fsp3) is 1.00. The molecule has 0 amide bonds. The Balaban J connectivity index is 1.67. The summed E-state index contributed by atoms with van der Waals surface area (Å²) in [6.07, 6.45) is 7.13. The molecule has 0 aromatic carbocycles. The third-order valence-corrected chi connectivity index (χ3v) is 5.95. The SMILES string of the molecule is CCC1CCN(CC[C@@H]2CCN(C(C)C)C[C@H]2C)CC1. The molecule has 0 spiro atoms. The van der Waals surface area contributed by atoms with Gasteiger partial charge in [-0.1, -0.05) is 20.3 Å². The first kappa shape index (κ1) is 16.3. The lowest BCUT2D eigenvalue weighted by Crippen LogP contribution is -2.44. The highest BCUT2D eigenvalue weighted by Crippen LogP contribution is 2.28. The summed E-state index contributed by atoms with van der Waals surface area (Å²) in [4.78, 5) is 5.39. The van der Waals surface area contributed by atoms with Gasteiger partial charge in [-0.3, -0.25) is 0 Å². The van der Waals surface area contributed by atoms with Crippen molar-refractivity contribution in [3.8, 4) is 0 Å². The van der Waals surface area contributed by atoms with Crippen LogP contribution in [-0.2, 0) is 0 Å². The molecule has 118 valence electrons. The Morgan fingerprint density at radius 3 is 2.30 bits per heavy atom. The molecule has 2 saturated heterocycles. The van der Waals surface area contributed by atoms with Gasteiger partial charge in [0.15, 0.2) is 0 Å². The smallest absolute Gasteiger partial charge is 0.00387 e. The van der Waals surface area contributed by atoms with E-state index in [4.69, 9.17) is 0 Å². The molecule has 0 bridgehead atoms. The molecule has 2 heteroatoms. The van der Waals surface area contributed by atoms with E-state index in [2.05, 4.69) is 37.5 Å². The Labute approximate surface area is 126 Å². The van der Waals surface area contributed by atoms with Gasteiger partial charge in [0.05, 0.1) is 0 Å². The van der Waals surface area contributed by atoms with Crippen molar-refractivity contribution in [3.63, 3.8) is 0 Å². The van der Waals surface area contributed by atoms with Crippen LogP contribution in [0.15, 0.2) is 0 Å². The van der Waals surface area contributed by atoms with Gasteiger partial charge in [-0.25, -0.2) is 0 Å². The summed E-state index contributed by atoms with van der Waals surface area (Å²) in [7, 11) is 0. The normalized spacial score (nSPS) is 31.1. The second-order valence-electron chi connectivity index (χ2n) is 7.60. The monoisotopic (exact) mass is 280 g/mol. The van der Waals surface area contributed by atoms with Gasteiger partial charge in [0.25, 0.3) is 0 Å². The number of hydrogen-bond donors (Lipinski definition) is 0. The van der Waals surface area contributed by atoms with E-state index >= 15 is 0 Å². The van der Waals surface area contributed by atoms with Crippen molar-refractivity contribution in [1.29, 1.82) is 0 Å². The van der Waals surface area contributed by atoms with E-state index in [0.717, 1.165) is 23.8 Å². The van der Waals surface area contributed by atoms with Crippen LogP contribution in [0.3, 0.4) is 0 Å².